The van der Waals surface area contributed by atoms with Gasteiger partial charge in [-0.05, 0) is 24.1 Å². The summed E-state index contributed by atoms with van der Waals surface area (Å²) in [5, 5.41) is 11.9. The van der Waals surface area contributed by atoms with Gasteiger partial charge in [0.25, 0.3) is 0 Å². The Balaban J connectivity index is 2.33. The molecule has 6 heteroatoms. The minimum Gasteiger partial charge on any atom is -0.481 e. The summed E-state index contributed by atoms with van der Waals surface area (Å²) in [5.74, 6) is -1.11. The molecule has 0 radical (unpaired) electrons. The molecule has 0 aliphatic rings. The van der Waals surface area contributed by atoms with Crippen LogP contribution in [0.4, 0.5) is 0 Å². The Kier molecular flexibility index (Phi) is 5.95. The fourth-order valence-corrected chi connectivity index (χ4v) is 1.67. The number of carbonyl (C=O) groups excluding carboxylic acids is 1. The van der Waals surface area contributed by atoms with Crippen molar-refractivity contribution < 1.29 is 14.7 Å². The molecule has 98 valence electrons. The number of amides is 1. The number of aliphatic carboxylic acids is 1. The van der Waals surface area contributed by atoms with E-state index < -0.39 is 5.97 Å². The van der Waals surface area contributed by atoms with Gasteiger partial charge in [0.2, 0.25) is 5.91 Å². The van der Waals surface area contributed by atoms with Crippen molar-refractivity contribution in [2.45, 2.75) is 19.3 Å². The number of aryl methyl sites for hydroxylation is 1. The third kappa shape index (κ3) is 5.38. The molecule has 0 atom stereocenters. The molecule has 0 aromatic heterocycles. The monoisotopic (exact) mass is 289 g/mol. The smallest absolute Gasteiger partial charge is 0.305 e. The van der Waals surface area contributed by atoms with Crippen LogP contribution in [0.15, 0.2) is 18.2 Å². The Morgan fingerprint density at radius 1 is 1.17 bits per heavy atom. The second-order valence-corrected chi connectivity index (χ2v) is 4.56. The molecule has 0 saturated carbocycles. The molecule has 0 saturated heterocycles. The van der Waals surface area contributed by atoms with Crippen molar-refractivity contribution >= 4 is 35.1 Å². The van der Waals surface area contributed by atoms with E-state index in [4.69, 9.17) is 28.3 Å². The van der Waals surface area contributed by atoms with Gasteiger partial charge in [0.15, 0.2) is 0 Å². The van der Waals surface area contributed by atoms with Crippen molar-refractivity contribution in [1.82, 2.24) is 5.32 Å². The Bertz CT molecular complexity index is 449. The number of hydrogen-bond donors (Lipinski definition) is 2. The number of carbonyl (C=O) groups is 2. The van der Waals surface area contributed by atoms with Gasteiger partial charge in [-0.2, -0.15) is 0 Å². The second-order valence-electron chi connectivity index (χ2n) is 3.74. The number of hydrogen-bond acceptors (Lipinski definition) is 2. The molecule has 18 heavy (non-hydrogen) atoms. The molecular weight excluding hydrogens is 277 g/mol. The third-order valence-electron chi connectivity index (χ3n) is 2.29. The Morgan fingerprint density at radius 3 is 2.50 bits per heavy atom. The van der Waals surface area contributed by atoms with Crippen LogP contribution < -0.4 is 5.32 Å². The first-order chi connectivity index (χ1) is 8.49. The number of benzene rings is 1. The zero-order valence-corrected chi connectivity index (χ0v) is 11.1. The number of carboxylic acids is 1. The Morgan fingerprint density at radius 2 is 1.89 bits per heavy atom. The van der Waals surface area contributed by atoms with E-state index in [1.807, 2.05) is 0 Å². The maximum absolute atomic E-state index is 11.4. The van der Waals surface area contributed by atoms with Crippen LogP contribution in [-0.4, -0.2) is 23.5 Å². The van der Waals surface area contributed by atoms with Gasteiger partial charge in [-0.25, -0.2) is 0 Å². The summed E-state index contributed by atoms with van der Waals surface area (Å²) in [6, 6.07) is 5.20. The first-order valence-electron chi connectivity index (χ1n) is 5.41. The van der Waals surface area contributed by atoms with Gasteiger partial charge in [-0.1, -0.05) is 29.3 Å². The van der Waals surface area contributed by atoms with Gasteiger partial charge >= 0.3 is 5.97 Å². The van der Waals surface area contributed by atoms with Crippen molar-refractivity contribution in [3.05, 3.63) is 33.8 Å². The van der Waals surface area contributed by atoms with Crippen molar-refractivity contribution in [1.29, 1.82) is 0 Å². The minimum absolute atomic E-state index is 0.0709. The topological polar surface area (TPSA) is 66.4 Å². The summed E-state index contributed by atoms with van der Waals surface area (Å²) in [6.07, 6.45) is 0.756. The van der Waals surface area contributed by atoms with Crippen LogP contribution in [0.2, 0.25) is 10.0 Å². The predicted octanol–water partition coefficient (Wildman–Crippen LogP) is 2.52. The van der Waals surface area contributed by atoms with E-state index in [2.05, 4.69) is 5.32 Å². The normalized spacial score (nSPS) is 10.1. The molecule has 0 spiro atoms. The Hall–Kier alpha value is -1.26. The third-order valence-corrected chi connectivity index (χ3v) is 3.02. The molecule has 0 aliphatic heterocycles. The van der Waals surface area contributed by atoms with Crippen LogP contribution in [0.1, 0.15) is 18.4 Å². The highest BCUT2D eigenvalue weighted by Gasteiger charge is 2.05. The maximum atomic E-state index is 11.4. The molecule has 1 amide bonds. The maximum Gasteiger partial charge on any atom is 0.305 e. The number of carboxylic acid groups (broad SMARTS) is 1. The minimum atomic E-state index is -0.931. The quantitative estimate of drug-likeness (QED) is 0.846. The van der Waals surface area contributed by atoms with Crippen LogP contribution in [0.3, 0.4) is 0 Å². The van der Waals surface area contributed by atoms with Gasteiger partial charge in [0.05, 0.1) is 16.5 Å². The van der Waals surface area contributed by atoms with Crippen LogP contribution in [-0.2, 0) is 16.0 Å². The van der Waals surface area contributed by atoms with Crippen molar-refractivity contribution in [3.63, 3.8) is 0 Å². The molecule has 0 bridgehead atoms. The molecule has 0 unspecified atom stereocenters. The summed E-state index contributed by atoms with van der Waals surface area (Å²) in [7, 11) is 0. The molecule has 0 fully saturated rings. The van der Waals surface area contributed by atoms with Gasteiger partial charge < -0.3 is 10.4 Å². The summed E-state index contributed by atoms with van der Waals surface area (Å²) < 4.78 is 0. The van der Waals surface area contributed by atoms with Crippen LogP contribution in [0.25, 0.3) is 0 Å². The zero-order valence-electron chi connectivity index (χ0n) is 9.58. The summed E-state index contributed by atoms with van der Waals surface area (Å²) in [5.41, 5.74) is 0.915. The molecular formula is C12H13Cl2NO3. The predicted molar refractivity (Wildman–Crippen MR) is 70.0 cm³/mol. The highest BCUT2D eigenvalue weighted by Crippen LogP contribution is 2.23. The van der Waals surface area contributed by atoms with Crippen LogP contribution in [0, 0.1) is 0 Å². The van der Waals surface area contributed by atoms with Gasteiger partial charge in [0, 0.05) is 13.0 Å². The first-order valence-corrected chi connectivity index (χ1v) is 6.17. The lowest BCUT2D eigenvalue weighted by Crippen LogP contribution is -2.26. The van der Waals surface area contributed by atoms with Gasteiger partial charge in [-0.15, -0.1) is 0 Å². The molecule has 0 heterocycles. The average molecular weight is 290 g/mol. The van der Waals surface area contributed by atoms with Crippen LogP contribution in [0.5, 0.6) is 0 Å². The second kappa shape index (κ2) is 7.24. The molecule has 0 aliphatic carbocycles. The van der Waals surface area contributed by atoms with E-state index in [0.717, 1.165) is 5.56 Å². The zero-order chi connectivity index (χ0) is 13.5. The van der Waals surface area contributed by atoms with Crippen LogP contribution >= 0.6 is 23.2 Å². The number of rotatable bonds is 6. The summed E-state index contributed by atoms with van der Waals surface area (Å²) in [6.45, 7) is 0.148. The van der Waals surface area contributed by atoms with E-state index in [1.165, 1.54) is 0 Å². The van der Waals surface area contributed by atoms with Gasteiger partial charge in [0.1, 0.15) is 0 Å². The number of nitrogens with one attached hydrogen (secondary N) is 1. The molecule has 4 nitrogen and oxygen atoms in total. The van der Waals surface area contributed by atoms with Gasteiger partial charge in [-0.3, -0.25) is 9.59 Å². The Labute approximate surface area is 115 Å². The fourth-order valence-electron chi connectivity index (χ4n) is 1.35. The lowest BCUT2D eigenvalue weighted by molar-refractivity contribution is -0.136. The van der Waals surface area contributed by atoms with E-state index in [0.29, 0.717) is 16.5 Å². The fraction of sp³-hybridized carbons (Fsp3) is 0.333. The van der Waals surface area contributed by atoms with Crippen molar-refractivity contribution in [2.75, 3.05) is 6.54 Å². The van der Waals surface area contributed by atoms with Crippen molar-refractivity contribution in [2.24, 2.45) is 0 Å². The van der Waals surface area contributed by atoms with Crippen molar-refractivity contribution in [3.8, 4) is 0 Å². The largest absolute Gasteiger partial charge is 0.481 e. The summed E-state index contributed by atoms with van der Waals surface area (Å²) >= 11 is 11.6. The van der Waals surface area contributed by atoms with E-state index in [1.54, 1.807) is 18.2 Å². The highest BCUT2D eigenvalue weighted by molar-refractivity contribution is 6.42. The van der Waals surface area contributed by atoms with E-state index >= 15 is 0 Å². The first kappa shape index (κ1) is 14.8. The average Bonchev–Trinajstić information content (AvgIpc) is 2.30. The lowest BCUT2D eigenvalue weighted by atomic mass is 10.1. The molecule has 1 aromatic rings. The summed E-state index contributed by atoms with van der Waals surface area (Å²) in [4.78, 5) is 21.6. The highest BCUT2D eigenvalue weighted by atomic mass is 35.5. The number of halogens is 2. The van der Waals surface area contributed by atoms with E-state index in [9.17, 15) is 9.59 Å². The molecule has 1 rings (SSSR count). The van der Waals surface area contributed by atoms with E-state index in [-0.39, 0.29) is 25.3 Å². The lowest BCUT2D eigenvalue weighted by Gasteiger charge is -2.04. The SMILES string of the molecule is O=C(O)CCNC(=O)CCc1ccc(Cl)c(Cl)c1. The molecule has 2 N–H and O–H groups in total. The standard InChI is InChI=1S/C12H13Cl2NO3/c13-9-3-1-8(7-10(9)14)2-4-11(16)15-6-5-12(17)18/h1,3,7H,2,4-6H2,(H,15,16)(H,17,18). The molecule has 1 aromatic carbocycles.